The molecule has 0 aliphatic carbocycles. The molecule has 2 aromatic carbocycles. The first kappa shape index (κ1) is 23.4. The van der Waals surface area contributed by atoms with Gasteiger partial charge in [0.15, 0.2) is 11.5 Å². The lowest BCUT2D eigenvalue weighted by molar-refractivity contribution is 0.0466. The van der Waals surface area contributed by atoms with Crippen molar-refractivity contribution in [3.05, 3.63) is 48.0 Å². The van der Waals surface area contributed by atoms with Crippen molar-refractivity contribution in [2.45, 2.75) is 13.8 Å². The van der Waals surface area contributed by atoms with Crippen LogP contribution in [-0.4, -0.2) is 49.3 Å². The molecule has 0 heterocycles. The van der Waals surface area contributed by atoms with E-state index in [4.69, 9.17) is 9.47 Å². The van der Waals surface area contributed by atoms with E-state index >= 15 is 0 Å². The maximum Gasteiger partial charge on any atom is 0.338 e. The molecule has 0 saturated carbocycles. The van der Waals surface area contributed by atoms with Crippen LogP contribution in [0.5, 0.6) is 11.5 Å². The number of benzene rings is 2. The Morgan fingerprint density at radius 3 is 2.25 bits per heavy atom. The van der Waals surface area contributed by atoms with Gasteiger partial charge in [0.2, 0.25) is 0 Å². The Bertz CT molecular complexity index is 778. The molecule has 1 N–H and O–H groups in total. The fourth-order valence-corrected chi connectivity index (χ4v) is 2.40. The van der Waals surface area contributed by atoms with Crippen LogP contribution >= 0.6 is 12.4 Å². The highest BCUT2D eigenvalue weighted by Crippen LogP contribution is 2.30. The van der Waals surface area contributed by atoms with Crippen LogP contribution in [0.1, 0.15) is 24.2 Å². The molecule has 2 aromatic rings. The fraction of sp³-hybridized carbons (Fsp3) is 0.350. The van der Waals surface area contributed by atoms with E-state index in [1.54, 1.807) is 36.4 Å². The Hall–Kier alpha value is -2.64. The zero-order chi connectivity index (χ0) is 19.6. The fourth-order valence-electron chi connectivity index (χ4n) is 2.40. The van der Waals surface area contributed by atoms with Crippen molar-refractivity contribution < 1.29 is 19.4 Å². The van der Waals surface area contributed by atoms with Gasteiger partial charge < -0.3 is 19.5 Å². The van der Waals surface area contributed by atoms with E-state index in [0.29, 0.717) is 29.3 Å². The van der Waals surface area contributed by atoms with Crippen molar-refractivity contribution in [2.24, 2.45) is 10.2 Å². The van der Waals surface area contributed by atoms with Crippen molar-refractivity contribution in [2.75, 3.05) is 33.4 Å². The van der Waals surface area contributed by atoms with E-state index in [9.17, 15) is 9.90 Å². The number of carbonyl (C=O) groups is 1. The van der Waals surface area contributed by atoms with Crippen LogP contribution in [0.15, 0.2) is 52.7 Å². The monoisotopic (exact) mass is 407 g/mol. The molecule has 28 heavy (non-hydrogen) atoms. The molecule has 0 aliphatic rings. The molecule has 0 unspecified atom stereocenters. The summed E-state index contributed by atoms with van der Waals surface area (Å²) >= 11 is 0. The Morgan fingerprint density at radius 1 is 1.04 bits per heavy atom. The highest BCUT2D eigenvalue weighted by atomic mass is 35.5. The van der Waals surface area contributed by atoms with Gasteiger partial charge in [0.1, 0.15) is 6.61 Å². The normalized spacial score (nSPS) is 10.7. The summed E-state index contributed by atoms with van der Waals surface area (Å²) in [5, 5.41) is 17.8. The third-order valence-electron chi connectivity index (χ3n) is 4.08. The topological polar surface area (TPSA) is 83.7 Å². The number of likely N-dealkylation sites (N-methyl/N-ethyl adjacent to an activating group) is 1. The maximum absolute atomic E-state index is 12.1. The first-order valence-electron chi connectivity index (χ1n) is 8.85. The predicted octanol–water partition coefficient (Wildman–Crippen LogP) is 4.74. The molecule has 0 spiro atoms. The van der Waals surface area contributed by atoms with Gasteiger partial charge in [0.25, 0.3) is 0 Å². The summed E-state index contributed by atoms with van der Waals surface area (Å²) in [6.45, 7) is 7.10. The zero-order valence-electron chi connectivity index (χ0n) is 16.3. The maximum atomic E-state index is 12.1. The van der Waals surface area contributed by atoms with Crippen molar-refractivity contribution in [1.82, 2.24) is 4.90 Å². The van der Waals surface area contributed by atoms with Gasteiger partial charge in [0.05, 0.1) is 24.0 Å². The number of ether oxygens (including phenoxy) is 2. The van der Waals surface area contributed by atoms with Crippen molar-refractivity contribution in [3.63, 3.8) is 0 Å². The minimum atomic E-state index is -0.353. The molecule has 152 valence electrons. The van der Waals surface area contributed by atoms with E-state index in [2.05, 4.69) is 29.0 Å². The zero-order valence-corrected chi connectivity index (χ0v) is 17.1. The van der Waals surface area contributed by atoms with Crippen LogP contribution in [0.2, 0.25) is 0 Å². The van der Waals surface area contributed by atoms with E-state index in [1.807, 2.05) is 0 Å². The van der Waals surface area contributed by atoms with Crippen molar-refractivity contribution in [1.29, 1.82) is 0 Å². The van der Waals surface area contributed by atoms with Gasteiger partial charge in [-0.1, -0.05) is 13.8 Å². The number of phenolic OH excluding ortho intramolecular Hbond substituents is 1. The molecule has 0 radical (unpaired) electrons. The molecule has 0 aliphatic heterocycles. The van der Waals surface area contributed by atoms with E-state index in [0.717, 1.165) is 19.6 Å². The number of esters is 1. The summed E-state index contributed by atoms with van der Waals surface area (Å²) in [6, 6.07) is 11.4. The van der Waals surface area contributed by atoms with Gasteiger partial charge in [0, 0.05) is 12.6 Å². The number of rotatable bonds is 9. The van der Waals surface area contributed by atoms with Gasteiger partial charge in [-0.2, -0.15) is 10.2 Å². The average molecular weight is 408 g/mol. The Labute approximate surface area is 171 Å². The Morgan fingerprint density at radius 2 is 1.64 bits per heavy atom. The van der Waals surface area contributed by atoms with Gasteiger partial charge >= 0.3 is 5.97 Å². The lowest BCUT2D eigenvalue weighted by Crippen LogP contribution is -2.27. The smallest absolute Gasteiger partial charge is 0.338 e. The molecule has 0 saturated heterocycles. The molecular formula is C20H26ClN3O4. The van der Waals surface area contributed by atoms with Gasteiger partial charge in [-0.15, -0.1) is 12.4 Å². The quantitative estimate of drug-likeness (QED) is 0.479. The number of nitrogens with zero attached hydrogens (tertiary/aromatic N) is 3. The number of methoxy groups -OCH3 is 1. The molecule has 2 rings (SSSR count). The Balaban J connectivity index is 0.00000392. The number of azo groups is 1. The van der Waals surface area contributed by atoms with Crippen molar-refractivity contribution >= 4 is 29.8 Å². The average Bonchev–Trinajstić information content (AvgIpc) is 2.70. The Kier molecular flexibility index (Phi) is 9.98. The summed E-state index contributed by atoms with van der Waals surface area (Å²) in [7, 11) is 1.47. The van der Waals surface area contributed by atoms with Gasteiger partial charge in [-0.25, -0.2) is 4.79 Å². The van der Waals surface area contributed by atoms with Gasteiger partial charge in [-0.05, 0) is 49.5 Å². The summed E-state index contributed by atoms with van der Waals surface area (Å²) in [5.41, 5.74) is 1.62. The highest BCUT2D eigenvalue weighted by molar-refractivity contribution is 5.89. The molecule has 7 nitrogen and oxygen atoms in total. The minimum absolute atomic E-state index is 0. The molecule has 8 heteroatoms. The van der Waals surface area contributed by atoms with E-state index in [1.165, 1.54) is 13.2 Å². The van der Waals surface area contributed by atoms with Crippen LogP contribution in [0, 0.1) is 0 Å². The van der Waals surface area contributed by atoms with Gasteiger partial charge in [-0.3, -0.25) is 0 Å². The highest BCUT2D eigenvalue weighted by Gasteiger charge is 2.08. The third kappa shape index (κ3) is 6.83. The van der Waals surface area contributed by atoms with E-state index in [-0.39, 0.29) is 24.1 Å². The number of phenols is 1. The minimum Gasteiger partial charge on any atom is -0.504 e. The number of hydrogen-bond donors (Lipinski definition) is 1. The van der Waals surface area contributed by atoms with Crippen molar-refractivity contribution in [3.8, 4) is 11.5 Å². The lowest BCUT2D eigenvalue weighted by Gasteiger charge is -2.17. The summed E-state index contributed by atoms with van der Waals surface area (Å²) in [4.78, 5) is 14.3. The molecule has 0 aromatic heterocycles. The third-order valence-corrected chi connectivity index (χ3v) is 4.08. The number of aromatic hydroxyl groups is 1. The predicted molar refractivity (Wildman–Crippen MR) is 111 cm³/mol. The van der Waals surface area contributed by atoms with Crippen LogP contribution in [0.25, 0.3) is 0 Å². The largest absolute Gasteiger partial charge is 0.504 e. The molecule has 0 fully saturated rings. The SMILES string of the molecule is CCN(CC)CCOC(=O)c1ccc(N=Nc2ccc(O)c(OC)c2)cc1.Cl. The second kappa shape index (κ2) is 11.9. The number of carbonyl (C=O) groups excluding carboxylic acids is 1. The summed E-state index contributed by atoms with van der Waals surface area (Å²) in [5.74, 6) is 0.0171. The second-order valence-electron chi connectivity index (χ2n) is 5.77. The molecular weight excluding hydrogens is 382 g/mol. The van der Waals surface area contributed by atoms with Crippen LogP contribution in [-0.2, 0) is 4.74 Å². The van der Waals surface area contributed by atoms with Crippen LogP contribution in [0.4, 0.5) is 11.4 Å². The summed E-state index contributed by atoms with van der Waals surface area (Å²) < 4.78 is 10.3. The molecule has 0 bridgehead atoms. The molecule has 0 atom stereocenters. The molecule has 0 amide bonds. The first-order valence-corrected chi connectivity index (χ1v) is 8.85. The lowest BCUT2D eigenvalue weighted by atomic mass is 10.2. The van der Waals surface area contributed by atoms with Crippen LogP contribution < -0.4 is 4.74 Å². The second-order valence-corrected chi connectivity index (χ2v) is 5.77. The van der Waals surface area contributed by atoms with Crippen LogP contribution in [0.3, 0.4) is 0 Å². The summed E-state index contributed by atoms with van der Waals surface area (Å²) in [6.07, 6.45) is 0. The first-order chi connectivity index (χ1) is 13.1. The number of hydrogen-bond acceptors (Lipinski definition) is 7. The standard InChI is InChI=1S/C20H25N3O4.ClH/c1-4-23(5-2)12-13-27-20(25)15-6-8-16(9-7-15)21-22-17-10-11-18(24)19(14-17)26-3;/h6-11,14,24H,4-5,12-13H2,1-3H3;1H. The van der Waals surface area contributed by atoms with E-state index < -0.39 is 0 Å². The number of halogens is 1.